The summed E-state index contributed by atoms with van der Waals surface area (Å²) in [5, 5.41) is 11.9. The molecule has 0 saturated carbocycles. The van der Waals surface area contributed by atoms with E-state index in [-0.39, 0.29) is 12.5 Å². The number of hydrogen-bond donors (Lipinski definition) is 2. The Balaban J connectivity index is 2.44. The molecular formula is C11H14NO2. The van der Waals surface area contributed by atoms with Crippen molar-refractivity contribution in [2.24, 2.45) is 0 Å². The second-order valence-corrected chi connectivity index (χ2v) is 3.05. The Morgan fingerprint density at radius 1 is 1.64 bits per heavy atom. The number of aliphatic hydroxyl groups is 1. The van der Waals surface area contributed by atoms with Gasteiger partial charge in [0.1, 0.15) is 0 Å². The van der Waals surface area contributed by atoms with Gasteiger partial charge in [-0.1, -0.05) is 25.1 Å². The third-order valence-corrected chi connectivity index (χ3v) is 1.92. The Morgan fingerprint density at radius 3 is 3.00 bits per heavy atom. The Bertz CT molecular complexity index is 285. The van der Waals surface area contributed by atoms with Gasteiger partial charge in [-0.3, -0.25) is 4.79 Å². The van der Waals surface area contributed by atoms with Crippen LogP contribution in [0.15, 0.2) is 24.3 Å². The van der Waals surface area contributed by atoms with E-state index >= 15 is 0 Å². The second kappa shape index (κ2) is 5.40. The van der Waals surface area contributed by atoms with E-state index in [0.29, 0.717) is 12.0 Å². The van der Waals surface area contributed by atoms with Crippen LogP contribution in [0.3, 0.4) is 0 Å². The Kier molecular flexibility index (Phi) is 4.13. The van der Waals surface area contributed by atoms with Crippen LogP contribution in [-0.4, -0.2) is 23.7 Å². The first-order valence-corrected chi connectivity index (χ1v) is 4.67. The van der Waals surface area contributed by atoms with Crippen molar-refractivity contribution in [3.63, 3.8) is 0 Å². The summed E-state index contributed by atoms with van der Waals surface area (Å²) in [6.07, 6.45) is 0.168. The Hall–Kier alpha value is -1.35. The van der Waals surface area contributed by atoms with Gasteiger partial charge >= 0.3 is 0 Å². The molecule has 1 aromatic rings. The fraction of sp³-hybridized carbons (Fsp3) is 0.364. The zero-order chi connectivity index (χ0) is 10.4. The summed E-state index contributed by atoms with van der Waals surface area (Å²) in [5.74, 6) is -0.196. The third kappa shape index (κ3) is 3.18. The summed E-state index contributed by atoms with van der Waals surface area (Å²) < 4.78 is 0. The molecule has 0 bridgehead atoms. The smallest absolute Gasteiger partial charge is 0.252 e. The molecule has 0 aliphatic heterocycles. The highest BCUT2D eigenvalue weighted by atomic mass is 16.3. The maximum Gasteiger partial charge on any atom is 0.252 e. The van der Waals surface area contributed by atoms with E-state index in [0.717, 1.165) is 0 Å². The molecule has 1 amide bonds. The number of nitrogens with one attached hydrogen (secondary N) is 1. The predicted octanol–water partition coefficient (Wildman–Crippen LogP) is 0.987. The van der Waals surface area contributed by atoms with Gasteiger partial charge in [0.2, 0.25) is 0 Å². The first kappa shape index (κ1) is 10.7. The number of hydrogen-bond acceptors (Lipinski definition) is 2. The van der Waals surface area contributed by atoms with Gasteiger partial charge in [-0.2, -0.15) is 0 Å². The molecule has 0 heterocycles. The molecule has 0 fully saturated rings. The first-order chi connectivity index (χ1) is 6.74. The van der Waals surface area contributed by atoms with Gasteiger partial charge in [-0.25, -0.2) is 0 Å². The molecule has 0 aromatic heterocycles. The lowest BCUT2D eigenvalue weighted by Crippen LogP contribution is -2.31. The highest BCUT2D eigenvalue weighted by Gasteiger charge is 2.06. The third-order valence-electron chi connectivity index (χ3n) is 1.92. The van der Waals surface area contributed by atoms with Gasteiger partial charge in [0.15, 0.2) is 0 Å². The molecule has 1 atom stereocenters. The molecule has 2 N–H and O–H groups in total. The van der Waals surface area contributed by atoms with Crippen LogP contribution in [0.5, 0.6) is 0 Å². The highest BCUT2D eigenvalue weighted by molar-refractivity contribution is 5.93. The molecule has 0 saturated heterocycles. The van der Waals surface area contributed by atoms with Crippen LogP contribution in [-0.2, 0) is 0 Å². The van der Waals surface area contributed by atoms with Crippen LogP contribution < -0.4 is 5.32 Å². The van der Waals surface area contributed by atoms with Crippen molar-refractivity contribution in [1.29, 1.82) is 0 Å². The molecule has 0 aliphatic rings. The zero-order valence-electron chi connectivity index (χ0n) is 8.16. The number of rotatable bonds is 4. The van der Waals surface area contributed by atoms with Crippen molar-refractivity contribution in [1.82, 2.24) is 5.32 Å². The van der Waals surface area contributed by atoms with Crippen LogP contribution in [0.25, 0.3) is 0 Å². The minimum absolute atomic E-state index is 0.196. The lowest BCUT2D eigenvalue weighted by atomic mass is 10.2. The number of carbonyl (C=O) groups is 1. The molecule has 0 spiro atoms. The molecule has 3 nitrogen and oxygen atoms in total. The quantitative estimate of drug-likeness (QED) is 0.747. The number of benzene rings is 1. The SMILES string of the molecule is CCC(O)CNC(=O)c1[c]cccc1. The summed E-state index contributed by atoms with van der Waals surface area (Å²) in [5.41, 5.74) is 0.496. The normalized spacial score (nSPS) is 12.1. The molecule has 0 aliphatic carbocycles. The fourth-order valence-electron chi connectivity index (χ4n) is 0.985. The topological polar surface area (TPSA) is 49.3 Å². The maximum absolute atomic E-state index is 11.4. The van der Waals surface area contributed by atoms with Gasteiger partial charge in [-0.15, -0.1) is 0 Å². The first-order valence-electron chi connectivity index (χ1n) is 4.67. The lowest BCUT2D eigenvalue weighted by Gasteiger charge is -2.08. The molecule has 3 heteroatoms. The zero-order valence-corrected chi connectivity index (χ0v) is 8.16. The van der Waals surface area contributed by atoms with Crippen molar-refractivity contribution in [2.45, 2.75) is 19.4 Å². The molecule has 1 aromatic carbocycles. The van der Waals surface area contributed by atoms with Crippen molar-refractivity contribution >= 4 is 5.91 Å². The van der Waals surface area contributed by atoms with Crippen LogP contribution in [0, 0.1) is 6.07 Å². The summed E-state index contributed by atoms with van der Waals surface area (Å²) >= 11 is 0. The lowest BCUT2D eigenvalue weighted by molar-refractivity contribution is 0.0913. The predicted molar refractivity (Wildman–Crippen MR) is 53.9 cm³/mol. The minimum Gasteiger partial charge on any atom is -0.391 e. The van der Waals surface area contributed by atoms with Crippen molar-refractivity contribution < 1.29 is 9.90 Å². The van der Waals surface area contributed by atoms with Crippen molar-refractivity contribution in [3.8, 4) is 0 Å². The monoisotopic (exact) mass is 192 g/mol. The van der Waals surface area contributed by atoms with E-state index in [1.54, 1.807) is 24.3 Å². The van der Waals surface area contributed by atoms with E-state index in [2.05, 4.69) is 11.4 Å². The molecular weight excluding hydrogens is 178 g/mol. The van der Waals surface area contributed by atoms with E-state index in [1.165, 1.54) is 0 Å². The van der Waals surface area contributed by atoms with Crippen LogP contribution >= 0.6 is 0 Å². The van der Waals surface area contributed by atoms with Crippen LogP contribution in [0.1, 0.15) is 23.7 Å². The van der Waals surface area contributed by atoms with Gasteiger partial charge in [-0.05, 0) is 18.6 Å². The van der Waals surface area contributed by atoms with E-state index < -0.39 is 6.10 Å². The Labute approximate surface area is 83.8 Å². The Morgan fingerprint density at radius 2 is 2.43 bits per heavy atom. The molecule has 1 unspecified atom stereocenters. The van der Waals surface area contributed by atoms with Crippen molar-refractivity contribution in [2.75, 3.05) is 6.54 Å². The largest absolute Gasteiger partial charge is 0.391 e. The average molecular weight is 192 g/mol. The van der Waals surface area contributed by atoms with Gasteiger partial charge in [0.25, 0.3) is 5.91 Å². The van der Waals surface area contributed by atoms with Crippen molar-refractivity contribution in [3.05, 3.63) is 35.9 Å². The fourth-order valence-corrected chi connectivity index (χ4v) is 0.985. The van der Waals surface area contributed by atoms with E-state index in [9.17, 15) is 9.90 Å². The summed E-state index contributed by atoms with van der Waals surface area (Å²) in [6.45, 7) is 2.16. The average Bonchev–Trinajstić information content (AvgIpc) is 2.26. The number of aliphatic hydroxyl groups excluding tert-OH is 1. The molecule has 75 valence electrons. The summed E-state index contributed by atoms with van der Waals surface area (Å²) in [7, 11) is 0. The van der Waals surface area contributed by atoms with Crippen LogP contribution in [0.4, 0.5) is 0 Å². The molecule has 1 rings (SSSR count). The highest BCUT2D eigenvalue weighted by Crippen LogP contribution is 1.97. The maximum atomic E-state index is 11.4. The standard InChI is InChI=1S/C11H14NO2/c1-2-10(13)8-12-11(14)9-6-4-3-5-7-9/h3-6,10,13H,2,8H2,1H3,(H,12,14). The molecule has 1 radical (unpaired) electrons. The van der Waals surface area contributed by atoms with E-state index in [1.807, 2.05) is 6.92 Å². The second-order valence-electron chi connectivity index (χ2n) is 3.05. The van der Waals surface area contributed by atoms with Gasteiger partial charge < -0.3 is 10.4 Å². The number of amides is 1. The molecule has 14 heavy (non-hydrogen) atoms. The number of carbonyl (C=O) groups excluding carboxylic acids is 1. The summed E-state index contributed by atoms with van der Waals surface area (Å²) in [6, 6.07) is 9.77. The van der Waals surface area contributed by atoms with Crippen LogP contribution in [0.2, 0.25) is 0 Å². The van der Waals surface area contributed by atoms with E-state index in [4.69, 9.17) is 0 Å². The summed E-state index contributed by atoms with van der Waals surface area (Å²) in [4.78, 5) is 11.4. The minimum atomic E-state index is -0.470. The van der Waals surface area contributed by atoms with Gasteiger partial charge in [0.05, 0.1) is 6.10 Å². The van der Waals surface area contributed by atoms with Gasteiger partial charge in [0, 0.05) is 12.1 Å².